The van der Waals surface area contributed by atoms with E-state index in [1.165, 1.54) is 20.3 Å². The molecule has 0 unspecified atom stereocenters. The number of ether oxygens (including phenoxy) is 2. The third-order valence-corrected chi connectivity index (χ3v) is 7.60. The zero-order valence-corrected chi connectivity index (χ0v) is 20.7. The number of fused-ring (bicyclic) bond motifs is 2. The summed E-state index contributed by atoms with van der Waals surface area (Å²) in [6.07, 6.45) is 3.30. The molecule has 0 bridgehead atoms. The number of carboxylic acids is 1. The molecular formula is C27H29F2N3O4. The van der Waals surface area contributed by atoms with E-state index in [1.54, 1.807) is 18.3 Å². The van der Waals surface area contributed by atoms with Gasteiger partial charge in [-0.05, 0) is 61.3 Å². The molecule has 36 heavy (non-hydrogen) atoms. The first kappa shape index (κ1) is 24.2. The van der Waals surface area contributed by atoms with Crippen LogP contribution < -0.4 is 4.74 Å². The number of aromatic amines is 1. The summed E-state index contributed by atoms with van der Waals surface area (Å²) in [6, 6.07) is 6.51. The van der Waals surface area contributed by atoms with Gasteiger partial charge in [-0.15, -0.1) is 0 Å². The lowest BCUT2D eigenvalue weighted by atomic mass is 9.74. The maximum atomic E-state index is 16.2. The lowest BCUT2D eigenvalue weighted by Crippen LogP contribution is -2.43. The molecule has 0 radical (unpaired) electrons. The van der Waals surface area contributed by atoms with Crippen LogP contribution in [0.2, 0.25) is 0 Å². The summed E-state index contributed by atoms with van der Waals surface area (Å²) in [7, 11) is 2.84. The lowest BCUT2D eigenvalue weighted by molar-refractivity contribution is -0.166. The molecule has 2 aromatic carbocycles. The van der Waals surface area contributed by atoms with Gasteiger partial charge in [0.15, 0.2) is 23.0 Å². The molecule has 5 rings (SSSR count). The summed E-state index contributed by atoms with van der Waals surface area (Å²) < 4.78 is 43.1. The number of H-pyrrole nitrogens is 1. The zero-order chi connectivity index (χ0) is 25.8. The number of rotatable bonds is 6. The van der Waals surface area contributed by atoms with Crippen molar-refractivity contribution < 1.29 is 28.2 Å². The highest BCUT2D eigenvalue weighted by Crippen LogP contribution is 2.48. The van der Waals surface area contributed by atoms with E-state index < -0.39 is 23.2 Å². The number of aromatic nitrogens is 3. The quantitative estimate of drug-likeness (QED) is 0.339. The predicted molar refractivity (Wildman–Crippen MR) is 132 cm³/mol. The molecule has 0 aliphatic heterocycles. The lowest BCUT2D eigenvalue weighted by Gasteiger charge is -2.36. The van der Waals surface area contributed by atoms with Crippen molar-refractivity contribution in [3.8, 4) is 11.4 Å². The van der Waals surface area contributed by atoms with E-state index >= 15 is 4.39 Å². The Labute approximate surface area is 207 Å². The average Bonchev–Trinajstić information content (AvgIpc) is 3.48. The molecule has 1 fully saturated rings. The summed E-state index contributed by atoms with van der Waals surface area (Å²) in [5, 5.41) is 17.7. The number of methoxy groups -OCH3 is 2. The number of benzene rings is 2. The van der Waals surface area contributed by atoms with Gasteiger partial charge in [0.25, 0.3) is 0 Å². The molecule has 7 nitrogen and oxygen atoms in total. The molecule has 1 saturated carbocycles. The molecule has 0 spiro atoms. The van der Waals surface area contributed by atoms with Gasteiger partial charge in [-0.3, -0.25) is 5.10 Å². The summed E-state index contributed by atoms with van der Waals surface area (Å²) in [4.78, 5) is 11.9. The second kappa shape index (κ2) is 8.89. The van der Waals surface area contributed by atoms with Gasteiger partial charge in [-0.2, -0.15) is 5.10 Å². The van der Waals surface area contributed by atoms with Crippen molar-refractivity contribution in [1.29, 1.82) is 0 Å². The number of carbonyl (C=O) groups is 1. The van der Waals surface area contributed by atoms with Gasteiger partial charge in [-0.1, -0.05) is 13.8 Å². The Bertz CT molecular complexity index is 1470. The molecule has 1 aliphatic carbocycles. The van der Waals surface area contributed by atoms with Crippen molar-refractivity contribution in [1.82, 2.24) is 14.8 Å². The van der Waals surface area contributed by atoms with E-state index in [4.69, 9.17) is 9.47 Å². The van der Waals surface area contributed by atoms with Gasteiger partial charge in [0.1, 0.15) is 5.52 Å². The summed E-state index contributed by atoms with van der Waals surface area (Å²) >= 11 is 0. The van der Waals surface area contributed by atoms with E-state index in [0.29, 0.717) is 53.2 Å². The maximum absolute atomic E-state index is 16.2. The second-order valence-electron chi connectivity index (χ2n) is 9.80. The standard InChI is InChI=1S/C27H29F2N3O4/c1-14(2)25-21(15-7-9-27(36-4,10-8-15)26(33)34)22-19(11-16-13-30-31-24(16)23(22)29)32(25)17-5-6-18(28)20(12-17)35-3/h5-6,11-15H,7-10H2,1-4H3,(H,30,31)(H,33,34)/t15-,27+. The molecular weight excluding hydrogens is 468 g/mol. The molecule has 1 aliphatic rings. The van der Waals surface area contributed by atoms with Crippen LogP contribution in [-0.4, -0.2) is 45.7 Å². The molecule has 0 atom stereocenters. The van der Waals surface area contributed by atoms with Crippen molar-refractivity contribution in [3.63, 3.8) is 0 Å². The predicted octanol–water partition coefficient (Wildman–Crippen LogP) is 6.04. The fourth-order valence-corrected chi connectivity index (χ4v) is 5.77. The molecule has 2 aromatic heterocycles. The van der Waals surface area contributed by atoms with Crippen LogP contribution in [0.3, 0.4) is 0 Å². The van der Waals surface area contributed by atoms with Crippen LogP contribution in [0.5, 0.6) is 5.75 Å². The van der Waals surface area contributed by atoms with Crippen LogP contribution in [0.25, 0.3) is 27.5 Å². The smallest absolute Gasteiger partial charge is 0.335 e. The molecule has 0 saturated heterocycles. The van der Waals surface area contributed by atoms with Crippen LogP contribution in [0.15, 0.2) is 30.5 Å². The third kappa shape index (κ3) is 3.56. The van der Waals surface area contributed by atoms with E-state index in [2.05, 4.69) is 10.2 Å². The minimum Gasteiger partial charge on any atom is -0.494 e. The van der Waals surface area contributed by atoms with E-state index in [9.17, 15) is 14.3 Å². The van der Waals surface area contributed by atoms with Crippen molar-refractivity contribution >= 4 is 27.8 Å². The van der Waals surface area contributed by atoms with Crippen LogP contribution in [0.1, 0.15) is 62.6 Å². The molecule has 2 N–H and O–H groups in total. The second-order valence-corrected chi connectivity index (χ2v) is 9.80. The minimum atomic E-state index is -1.23. The topological polar surface area (TPSA) is 89.4 Å². The Kier molecular flexibility index (Phi) is 5.98. The first-order valence-electron chi connectivity index (χ1n) is 12.0. The monoisotopic (exact) mass is 497 g/mol. The van der Waals surface area contributed by atoms with Crippen LogP contribution in [0.4, 0.5) is 8.78 Å². The third-order valence-electron chi connectivity index (χ3n) is 7.60. The van der Waals surface area contributed by atoms with Crippen molar-refractivity contribution in [2.75, 3.05) is 14.2 Å². The van der Waals surface area contributed by atoms with Crippen molar-refractivity contribution in [3.05, 3.63) is 53.4 Å². The Balaban J connectivity index is 1.80. The normalized spacial score (nSPS) is 20.5. The van der Waals surface area contributed by atoms with Crippen LogP contribution in [-0.2, 0) is 9.53 Å². The van der Waals surface area contributed by atoms with E-state index in [-0.39, 0.29) is 17.6 Å². The van der Waals surface area contributed by atoms with Gasteiger partial charge in [-0.25, -0.2) is 13.6 Å². The largest absolute Gasteiger partial charge is 0.494 e. The van der Waals surface area contributed by atoms with Crippen LogP contribution >= 0.6 is 0 Å². The van der Waals surface area contributed by atoms with Gasteiger partial charge < -0.3 is 19.1 Å². The Hall–Kier alpha value is -3.46. The Morgan fingerprint density at radius 2 is 1.94 bits per heavy atom. The number of halogens is 2. The van der Waals surface area contributed by atoms with Crippen molar-refractivity contribution in [2.45, 2.75) is 57.0 Å². The maximum Gasteiger partial charge on any atom is 0.335 e. The fraction of sp³-hybridized carbons (Fsp3) is 0.407. The Morgan fingerprint density at radius 3 is 2.56 bits per heavy atom. The minimum absolute atomic E-state index is 0.00658. The molecule has 4 aromatic rings. The molecule has 190 valence electrons. The molecule has 0 amide bonds. The SMILES string of the molecule is COc1cc(-n2c(C(C)C)c([C@H]3CC[C@](OC)(C(=O)O)CC3)c3c(F)c4[nH]ncc4cc32)ccc1F. The first-order chi connectivity index (χ1) is 17.2. The van der Waals surface area contributed by atoms with E-state index in [1.807, 2.05) is 24.5 Å². The summed E-state index contributed by atoms with van der Waals surface area (Å²) in [5.74, 6) is -1.84. The average molecular weight is 498 g/mol. The van der Waals surface area contributed by atoms with Gasteiger partial charge in [0.05, 0.1) is 18.8 Å². The Morgan fingerprint density at radius 1 is 1.22 bits per heavy atom. The zero-order valence-electron chi connectivity index (χ0n) is 20.7. The molecule has 9 heteroatoms. The first-order valence-corrected chi connectivity index (χ1v) is 12.0. The number of hydrogen-bond donors (Lipinski definition) is 2. The number of hydrogen-bond acceptors (Lipinski definition) is 4. The van der Waals surface area contributed by atoms with Gasteiger partial charge in [0, 0.05) is 35.3 Å². The van der Waals surface area contributed by atoms with Gasteiger partial charge >= 0.3 is 5.97 Å². The number of aliphatic carboxylic acids is 1. The number of nitrogens with one attached hydrogen (secondary N) is 1. The highest BCUT2D eigenvalue weighted by atomic mass is 19.1. The molecule has 2 heterocycles. The highest BCUT2D eigenvalue weighted by molar-refractivity contribution is 6.00. The summed E-state index contributed by atoms with van der Waals surface area (Å²) in [6.45, 7) is 4.08. The van der Waals surface area contributed by atoms with Crippen molar-refractivity contribution in [2.24, 2.45) is 0 Å². The number of carboxylic acid groups (broad SMARTS) is 1. The summed E-state index contributed by atoms with van der Waals surface area (Å²) in [5.41, 5.74) is 2.15. The van der Waals surface area contributed by atoms with E-state index in [0.717, 1.165) is 11.3 Å². The van der Waals surface area contributed by atoms with Crippen LogP contribution in [0, 0.1) is 11.6 Å². The number of nitrogens with zero attached hydrogens (tertiary/aromatic N) is 2. The highest BCUT2D eigenvalue weighted by Gasteiger charge is 2.44. The fourth-order valence-electron chi connectivity index (χ4n) is 5.77. The van der Waals surface area contributed by atoms with Gasteiger partial charge in [0.2, 0.25) is 0 Å².